The number of rotatable bonds is 4. The average Bonchev–Trinajstić information content (AvgIpc) is 3.21. The minimum atomic E-state index is 0.261. The smallest absolute Gasteiger partial charge is 0.0697 e. The summed E-state index contributed by atoms with van der Waals surface area (Å²) in [4.78, 5) is 0. The molecule has 2 aliphatic carbocycles. The Balaban J connectivity index is 1.47. The van der Waals surface area contributed by atoms with Crippen molar-refractivity contribution in [1.82, 2.24) is 5.32 Å². The SMILES string of the molecule is CC(CNC1CCOC2(CCCCC2)C1)C1CC1. The van der Waals surface area contributed by atoms with Crippen molar-refractivity contribution in [2.75, 3.05) is 13.2 Å². The molecule has 1 aliphatic heterocycles. The monoisotopic (exact) mass is 251 g/mol. The fourth-order valence-electron chi connectivity index (χ4n) is 3.93. The number of hydrogen-bond donors (Lipinski definition) is 1. The predicted octanol–water partition coefficient (Wildman–Crippen LogP) is 3.50. The van der Waals surface area contributed by atoms with Gasteiger partial charge in [-0.3, -0.25) is 0 Å². The topological polar surface area (TPSA) is 21.3 Å². The first-order valence-corrected chi connectivity index (χ1v) is 8.15. The van der Waals surface area contributed by atoms with Crippen LogP contribution in [0.4, 0.5) is 0 Å². The summed E-state index contributed by atoms with van der Waals surface area (Å²) in [7, 11) is 0. The lowest BCUT2D eigenvalue weighted by Gasteiger charge is -2.44. The first kappa shape index (κ1) is 12.9. The van der Waals surface area contributed by atoms with Gasteiger partial charge in [-0.2, -0.15) is 0 Å². The van der Waals surface area contributed by atoms with Crippen LogP contribution < -0.4 is 5.32 Å². The molecule has 2 saturated carbocycles. The van der Waals surface area contributed by atoms with Crippen molar-refractivity contribution in [1.29, 1.82) is 0 Å². The third kappa shape index (κ3) is 3.08. The van der Waals surface area contributed by atoms with Crippen molar-refractivity contribution < 1.29 is 4.74 Å². The maximum Gasteiger partial charge on any atom is 0.0697 e. The van der Waals surface area contributed by atoms with Gasteiger partial charge >= 0.3 is 0 Å². The van der Waals surface area contributed by atoms with Crippen LogP contribution in [-0.2, 0) is 4.74 Å². The molecule has 1 saturated heterocycles. The lowest BCUT2D eigenvalue weighted by atomic mass is 9.78. The lowest BCUT2D eigenvalue weighted by molar-refractivity contribution is -0.109. The van der Waals surface area contributed by atoms with E-state index in [2.05, 4.69) is 12.2 Å². The highest BCUT2D eigenvalue weighted by molar-refractivity contribution is 4.92. The molecule has 0 radical (unpaired) electrons. The Labute approximate surface area is 112 Å². The third-order valence-electron chi connectivity index (χ3n) is 5.41. The molecule has 0 aromatic heterocycles. The maximum absolute atomic E-state index is 6.16. The van der Waals surface area contributed by atoms with E-state index in [9.17, 15) is 0 Å². The van der Waals surface area contributed by atoms with E-state index in [1.54, 1.807) is 0 Å². The zero-order chi connectivity index (χ0) is 12.4. The Morgan fingerprint density at radius 1 is 1.17 bits per heavy atom. The van der Waals surface area contributed by atoms with Crippen molar-refractivity contribution in [3.05, 3.63) is 0 Å². The van der Waals surface area contributed by atoms with Gasteiger partial charge in [0.1, 0.15) is 0 Å². The molecule has 3 rings (SSSR count). The number of nitrogens with one attached hydrogen (secondary N) is 1. The van der Waals surface area contributed by atoms with E-state index in [0.717, 1.165) is 24.5 Å². The minimum absolute atomic E-state index is 0.261. The summed E-state index contributed by atoms with van der Waals surface area (Å²) in [5, 5.41) is 3.83. The molecular formula is C16H29NO. The zero-order valence-corrected chi connectivity index (χ0v) is 11.9. The van der Waals surface area contributed by atoms with E-state index in [1.165, 1.54) is 64.3 Å². The molecule has 0 aromatic rings. The summed E-state index contributed by atoms with van der Waals surface area (Å²) in [5.41, 5.74) is 0.261. The van der Waals surface area contributed by atoms with Crippen molar-refractivity contribution in [2.24, 2.45) is 11.8 Å². The summed E-state index contributed by atoms with van der Waals surface area (Å²) in [6, 6.07) is 0.720. The molecule has 0 aromatic carbocycles. The van der Waals surface area contributed by atoms with Crippen LogP contribution in [0.15, 0.2) is 0 Å². The normalized spacial score (nSPS) is 33.5. The number of ether oxygens (including phenoxy) is 1. The largest absolute Gasteiger partial charge is 0.375 e. The molecule has 1 spiro atoms. The van der Waals surface area contributed by atoms with Gasteiger partial charge in [-0.25, -0.2) is 0 Å². The van der Waals surface area contributed by atoms with Crippen LogP contribution in [0.1, 0.15) is 64.7 Å². The Morgan fingerprint density at radius 2 is 1.94 bits per heavy atom. The summed E-state index contributed by atoms with van der Waals surface area (Å²) in [5.74, 6) is 1.91. The van der Waals surface area contributed by atoms with Crippen LogP contribution >= 0.6 is 0 Å². The summed E-state index contributed by atoms with van der Waals surface area (Å²) in [6.45, 7) is 4.63. The van der Waals surface area contributed by atoms with E-state index < -0.39 is 0 Å². The van der Waals surface area contributed by atoms with Gasteiger partial charge in [0.05, 0.1) is 5.60 Å². The first-order chi connectivity index (χ1) is 8.77. The van der Waals surface area contributed by atoms with Gasteiger partial charge in [0.25, 0.3) is 0 Å². The van der Waals surface area contributed by atoms with Gasteiger partial charge in [0.2, 0.25) is 0 Å². The highest BCUT2D eigenvalue weighted by Crippen LogP contribution is 2.39. The van der Waals surface area contributed by atoms with Crippen molar-refractivity contribution in [2.45, 2.75) is 76.4 Å². The molecule has 2 heteroatoms. The van der Waals surface area contributed by atoms with Gasteiger partial charge in [-0.15, -0.1) is 0 Å². The highest BCUT2D eigenvalue weighted by Gasteiger charge is 2.38. The van der Waals surface area contributed by atoms with Gasteiger partial charge < -0.3 is 10.1 Å². The maximum atomic E-state index is 6.16. The zero-order valence-electron chi connectivity index (χ0n) is 11.9. The molecule has 2 atom stereocenters. The van der Waals surface area contributed by atoms with Crippen molar-refractivity contribution >= 4 is 0 Å². The van der Waals surface area contributed by atoms with E-state index in [4.69, 9.17) is 4.74 Å². The molecule has 3 aliphatic rings. The summed E-state index contributed by atoms with van der Waals surface area (Å²) < 4.78 is 6.16. The lowest BCUT2D eigenvalue weighted by Crippen LogP contribution is -2.48. The standard InChI is InChI=1S/C16H29NO/c1-13(14-5-6-14)12-17-15-7-10-18-16(11-15)8-3-2-4-9-16/h13-15,17H,2-12H2,1H3. The average molecular weight is 251 g/mol. The molecular weight excluding hydrogens is 222 g/mol. The van der Waals surface area contributed by atoms with Crippen LogP contribution in [0, 0.1) is 11.8 Å². The molecule has 3 fully saturated rings. The molecule has 1 heterocycles. The second-order valence-electron chi connectivity index (χ2n) is 7.00. The summed E-state index contributed by atoms with van der Waals surface area (Å²) in [6.07, 6.45) is 12.2. The second-order valence-corrected chi connectivity index (χ2v) is 7.00. The van der Waals surface area contributed by atoms with Crippen molar-refractivity contribution in [3.8, 4) is 0 Å². The van der Waals surface area contributed by atoms with E-state index >= 15 is 0 Å². The molecule has 0 amide bonds. The van der Waals surface area contributed by atoms with Gasteiger partial charge in [-0.1, -0.05) is 26.2 Å². The third-order valence-corrected chi connectivity index (χ3v) is 5.41. The molecule has 1 N–H and O–H groups in total. The van der Waals surface area contributed by atoms with Crippen LogP contribution in [0.25, 0.3) is 0 Å². The van der Waals surface area contributed by atoms with Crippen LogP contribution in [-0.4, -0.2) is 24.8 Å². The van der Waals surface area contributed by atoms with Gasteiger partial charge in [-0.05, 0) is 56.9 Å². The Hall–Kier alpha value is -0.0800. The molecule has 18 heavy (non-hydrogen) atoms. The molecule has 2 unspecified atom stereocenters. The van der Waals surface area contributed by atoms with E-state index in [-0.39, 0.29) is 5.60 Å². The fourth-order valence-corrected chi connectivity index (χ4v) is 3.93. The van der Waals surface area contributed by atoms with Gasteiger partial charge in [0, 0.05) is 12.6 Å². The predicted molar refractivity (Wildman–Crippen MR) is 74.7 cm³/mol. The summed E-state index contributed by atoms with van der Waals surface area (Å²) >= 11 is 0. The number of hydrogen-bond acceptors (Lipinski definition) is 2. The van der Waals surface area contributed by atoms with Crippen molar-refractivity contribution in [3.63, 3.8) is 0 Å². The molecule has 104 valence electrons. The van der Waals surface area contributed by atoms with Crippen LogP contribution in [0.3, 0.4) is 0 Å². The molecule has 0 bridgehead atoms. The Bertz CT molecular complexity index is 263. The fraction of sp³-hybridized carbons (Fsp3) is 1.00. The Morgan fingerprint density at radius 3 is 2.67 bits per heavy atom. The minimum Gasteiger partial charge on any atom is -0.375 e. The quantitative estimate of drug-likeness (QED) is 0.825. The highest BCUT2D eigenvalue weighted by atomic mass is 16.5. The van der Waals surface area contributed by atoms with E-state index in [1.807, 2.05) is 0 Å². The second kappa shape index (κ2) is 5.50. The van der Waals surface area contributed by atoms with Crippen LogP contribution in [0.5, 0.6) is 0 Å². The van der Waals surface area contributed by atoms with Crippen LogP contribution in [0.2, 0.25) is 0 Å². The Kier molecular flexibility index (Phi) is 3.95. The van der Waals surface area contributed by atoms with E-state index in [0.29, 0.717) is 0 Å². The molecule has 2 nitrogen and oxygen atoms in total. The first-order valence-electron chi connectivity index (χ1n) is 8.15. The van der Waals surface area contributed by atoms with Gasteiger partial charge in [0.15, 0.2) is 0 Å².